The van der Waals surface area contributed by atoms with Crippen LogP contribution in [0.15, 0.2) is 152 Å². The average molecular weight is 698 g/mol. The molecule has 0 atom stereocenters. The van der Waals surface area contributed by atoms with Crippen LogP contribution in [0.1, 0.15) is 25.0 Å². The van der Waals surface area contributed by atoms with E-state index < -0.39 is 0 Å². The van der Waals surface area contributed by atoms with Crippen LogP contribution in [0, 0.1) is 0 Å². The highest BCUT2D eigenvalue weighted by Crippen LogP contribution is 2.56. The molecular weight excluding hydrogens is 667 g/mol. The summed E-state index contributed by atoms with van der Waals surface area (Å²) in [6, 6.07) is 53.2. The molecule has 0 amide bonds. The number of hydrogen-bond donors (Lipinski definition) is 0. The van der Waals surface area contributed by atoms with Crippen molar-refractivity contribution in [2.24, 2.45) is 0 Å². The van der Waals surface area contributed by atoms with E-state index in [0.717, 1.165) is 49.7 Å². The second-order valence-corrected chi connectivity index (χ2v) is 15.3. The lowest BCUT2D eigenvalue weighted by Gasteiger charge is -2.24. The number of para-hydroxylation sites is 2. The Kier molecular flexibility index (Phi) is 6.40. The molecule has 0 bridgehead atoms. The van der Waals surface area contributed by atoms with Crippen molar-refractivity contribution in [3.8, 4) is 51.1 Å². The SMILES string of the molecule is CC1(C)c2ccccc2-c2c1c(-c1ccc(-c3nc(-c4ccccc4)nc(-n4c5ccccc5c5ccccc54)n3)cc1)nc1c2sc2ccccc21. The summed E-state index contributed by atoms with van der Waals surface area (Å²) < 4.78 is 4.68. The van der Waals surface area contributed by atoms with E-state index in [1.54, 1.807) is 0 Å². The third-order valence-electron chi connectivity index (χ3n) is 10.9. The van der Waals surface area contributed by atoms with Crippen LogP contribution in [-0.4, -0.2) is 24.5 Å². The largest absolute Gasteiger partial charge is 0.278 e. The summed E-state index contributed by atoms with van der Waals surface area (Å²) >= 11 is 1.85. The van der Waals surface area contributed by atoms with Crippen LogP contribution in [0.3, 0.4) is 0 Å². The van der Waals surface area contributed by atoms with E-state index in [4.69, 9.17) is 19.9 Å². The van der Waals surface area contributed by atoms with E-state index in [1.807, 2.05) is 41.7 Å². The molecule has 6 aromatic carbocycles. The van der Waals surface area contributed by atoms with Gasteiger partial charge in [-0.15, -0.1) is 11.3 Å². The van der Waals surface area contributed by atoms with Gasteiger partial charge in [-0.25, -0.2) is 9.97 Å². The molecule has 0 N–H and O–H groups in total. The first-order valence-electron chi connectivity index (χ1n) is 17.9. The number of fused-ring (bicyclic) bond motifs is 10. The zero-order chi connectivity index (χ0) is 35.3. The molecule has 1 aliphatic carbocycles. The molecule has 0 fully saturated rings. The van der Waals surface area contributed by atoms with Crippen molar-refractivity contribution >= 4 is 53.4 Å². The number of thiophene rings is 1. The monoisotopic (exact) mass is 697 g/mol. The van der Waals surface area contributed by atoms with Crippen molar-refractivity contribution in [1.82, 2.24) is 24.5 Å². The van der Waals surface area contributed by atoms with Gasteiger partial charge >= 0.3 is 0 Å². The molecule has 10 aromatic rings. The van der Waals surface area contributed by atoms with Crippen LogP contribution in [0.2, 0.25) is 0 Å². The Morgan fingerprint density at radius 1 is 0.509 bits per heavy atom. The topological polar surface area (TPSA) is 56.5 Å². The summed E-state index contributed by atoms with van der Waals surface area (Å²) in [5.74, 6) is 1.84. The molecule has 0 spiro atoms. The normalized spacial score (nSPS) is 13.2. The van der Waals surface area contributed by atoms with Gasteiger partial charge in [-0.1, -0.05) is 147 Å². The lowest BCUT2D eigenvalue weighted by Crippen LogP contribution is -2.17. The van der Waals surface area contributed by atoms with Gasteiger partial charge < -0.3 is 0 Å². The van der Waals surface area contributed by atoms with Gasteiger partial charge in [0, 0.05) is 48.5 Å². The lowest BCUT2D eigenvalue weighted by atomic mass is 9.80. The number of rotatable bonds is 4. The Balaban J connectivity index is 1.11. The van der Waals surface area contributed by atoms with Crippen LogP contribution >= 0.6 is 11.3 Å². The minimum absolute atomic E-state index is 0.215. The van der Waals surface area contributed by atoms with Crippen molar-refractivity contribution in [2.45, 2.75) is 19.3 Å². The first-order chi connectivity index (χ1) is 26.0. The minimum Gasteiger partial charge on any atom is -0.278 e. The zero-order valence-electron chi connectivity index (χ0n) is 29.1. The third-order valence-corrected chi connectivity index (χ3v) is 12.0. The number of nitrogens with zero attached hydrogens (tertiary/aromatic N) is 5. The maximum atomic E-state index is 5.51. The van der Waals surface area contributed by atoms with E-state index in [-0.39, 0.29) is 5.41 Å². The molecule has 0 aliphatic heterocycles. The molecule has 4 heterocycles. The number of aromatic nitrogens is 5. The molecule has 4 aromatic heterocycles. The third kappa shape index (κ3) is 4.42. The van der Waals surface area contributed by atoms with E-state index >= 15 is 0 Å². The molecule has 6 heteroatoms. The van der Waals surface area contributed by atoms with Gasteiger partial charge in [0.1, 0.15) is 0 Å². The minimum atomic E-state index is -0.215. The molecule has 1 aliphatic rings. The molecule has 53 heavy (non-hydrogen) atoms. The van der Waals surface area contributed by atoms with Gasteiger partial charge in [0.05, 0.1) is 26.9 Å². The van der Waals surface area contributed by atoms with Gasteiger partial charge in [-0.3, -0.25) is 4.57 Å². The van der Waals surface area contributed by atoms with Crippen molar-refractivity contribution in [3.63, 3.8) is 0 Å². The Labute approximate surface area is 309 Å². The number of benzene rings is 6. The van der Waals surface area contributed by atoms with E-state index in [0.29, 0.717) is 17.6 Å². The first-order valence-corrected chi connectivity index (χ1v) is 18.7. The predicted octanol–water partition coefficient (Wildman–Crippen LogP) is 12.0. The molecule has 0 saturated carbocycles. The summed E-state index contributed by atoms with van der Waals surface area (Å²) in [6.07, 6.45) is 0. The van der Waals surface area contributed by atoms with Gasteiger partial charge in [0.2, 0.25) is 5.95 Å². The van der Waals surface area contributed by atoms with Crippen LogP contribution in [-0.2, 0) is 5.41 Å². The second kappa shape index (κ2) is 11.2. The summed E-state index contributed by atoms with van der Waals surface area (Å²) in [6.45, 7) is 4.67. The molecule has 250 valence electrons. The molecule has 0 unspecified atom stereocenters. The molecule has 11 rings (SSSR count). The van der Waals surface area contributed by atoms with Crippen LogP contribution in [0.4, 0.5) is 0 Å². The van der Waals surface area contributed by atoms with E-state index in [9.17, 15) is 0 Å². The predicted molar refractivity (Wildman–Crippen MR) is 219 cm³/mol. The summed E-state index contributed by atoms with van der Waals surface area (Å²) in [5.41, 5.74) is 12.2. The van der Waals surface area contributed by atoms with Gasteiger partial charge in [0.15, 0.2) is 11.6 Å². The lowest BCUT2D eigenvalue weighted by molar-refractivity contribution is 0.660. The Morgan fingerprint density at radius 3 is 1.79 bits per heavy atom. The van der Waals surface area contributed by atoms with Gasteiger partial charge in [0.25, 0.3) is 0 Å². The number of hydrogen-bond acceptors (Lipinski definition) is 5. The fourth-order valence-corrected chi connectivity index (χ4v) is 9.60. The van der Waals surface area contributed by atoms with Crippen molar-refractivity contribution in [1.29, 1.82) is 0 Å². The van der Waals surface area contributed by atoms with E-state index in [2.05, 4.69) is 140 Å². The Bertz CT molecular complexity index is 3030. The molecular formula is C47H31N5S. The second-order valence-electron chi connectivity index (χ2n) is 14.3. The highest BCUT2D eigenvalue weighted by Gasteiger charge is 2.40. The molecule has 0 radical (unpaired) electrons. The quantitative estimate of drug-likeness (QED) is 0.184. The molecule has 5 nitrogen and oxygen atoms in total. The fourth-order valence-electron chi connectivity index (χ4n) is 8.39. The highest BCUT2D eigenvalue weighted by molar-refractivity contribution is 7.26. The van der Waals surface area contributed by atoms with Gasteiger partial charge in [-0.2, -0.15) is 9.97 Å². The smallest absolute Gasteiger partial charge is 0.238 e. The summed E-state index contributed by atoms with van der Waals surface area (Å²) in [4.78, 5) is 20.9. The van der Waals surface area contributed by atoms with Crippen LogP contribution in [0.25, 0.3) is 93.2 Å². The van der Waals surface area contributed by atoms with E-state index in [1.165, 1.54) is 37.0 Å². The Morgan fingerprint density at radius 2 is 1.08 bits per heavy atom. The summed E-state index contributed by atoms with van der Waals surface area (Å²) in [7, 11) is 0. The fraction of sp³-hybridized carbons (Fsp3) is 0.0638. The highest BCUT2D eigenvalue weighted by atomic mass is 32.1. The van der Waals surface area contributed by atoms with Crippen molar-refractivity contribution < 1.29 is 0 Å². The number of pyridine rings is 1. The standard InChI is InChI=1S/C47H31N5S/c1-47(2)35-20-10-6-18-33(35)39-40(47)41(48-42-34-19-9-13-23-38(34)53-43(39)42)28-24-26-30(27-25-28)45-49-44(29-14-4-3-5-15-29)50-46(51-45)52-36-21-11-7-16-31(36)32-17-8-12-22-37(32)52/h3-27H,1-2H3. The molecule has 0 saturated heterocycles. The first kappa shape index (κ1) is 30.2. The maximum Gasteiger partial charge on any atom is 0.238 e. The average Bonchev–Trinajstić information content (AvgIpc) is 3.84. The maximum absolute atomic E-state index is 5.51. The Hall–Kier alpha value is -6.50. The van der Waals surface area contributed by atoms with Crippen LogP contribution < -0.4 is 0 Å². The van der Waals surface area contributed by atoms with Crippen LogP contribution in [0.5, 0.6) is 0 Å². The van der Waals surface area contributed by atoms with Crippen molar-refractivity contribution in [2.75, 3.05) is 0 Å². The zero-order valence-corrected chi connectivity index (χ0v) is 29.9. The summed E-state index contributed by atoms with van der Waals surface area (Å²) in [5, 5.41) is 3.53. The van der Waals surface area contributed by atoms with Gasteiger partial charge in [-0.05, 0) is 34.9 Å². The van der Waals surface area contributed by atoms with Crippen molar-refractivity contribution in [3.05, 3.63) is 163 Å².